The summed E-state index contributed by atoms with van der Waals surface area (Å²) < 4.78 is 16.7. The minimum absolute atomic E-state index is 0.00250. The molecule has 198 valence electrons. The Balaban J connectivity index is 1.60. The third kappa shape index (κ3) is 6.07. The summed E-state index contributed by atoms with van der Waals surface area (Å²) in [7, 11) is 1.47. The Morgan fingerprint density at radius 2 is 2.17 bits per heavy atom. The van der Waals surface area contributed by atoms with Crippen LogP contribution in [0.1, 0.15) is 49.4 Å². The largest absolute Gasteiger partial charge is 0.391 e. The number of carbonyl (C=O) groups is 1. The van der Waals surface area contributed by atoms with Gasteiger partial charge in [0.2, 0.25) is 5.91 Å². The van der Waals surface area contributed by atoms with E-state index in [0.29, 0.717) is 74.1 Å². The second-order valence-electron chi connectivity index (χ2n) is 9.67. The summed E-state index contributed by atoms with van der Waals surface area (Å²) in [6.07, 6.45) is 0.810. The van der Waals surface area contributed by atoms with Crippen molar-refractivity contribution in [1.82, 2.24) is 15.0 Å². The number of carbonyl (C=O) groups excluding carboxylic acids is 1. The van der Waals surface area contributed by atoms with E-state index in [1.54, 1.807) is 13.0 Å². The SMILES string of the molecule is CO[C@@H](O)CCCC(c1cccc(Cl)c1-c1nc(C)no1)C1CN(C(=O)[C@H]2C[C@@H](N)[C@@H](O)C2)CCO1. The van der Waals surface area contributed by atoms with E-state index in [9.17, 15) is 15.0 Å². The van der Waals surface area contributed by atoms with E-state index in [0.717, 1.165) is 5.56 Å². The van der Waals surface area contributed by atoms with Crippen LogP contribution in [0.3, 0.4) is 0 Å². The zero-order chi connectivity index (χ0) is 25.8. The molecule has 0 bridgehead atoms. The Hall–Kier alpha value is -2.08. The van der Waals surface area contributed by atoms with E-state index in [1.807, 2.05) is 17.0 Å². The molecule has 1 aliphatic carbocycles. The van der Waals surface area contributed by atoms with Crippen LogP contribution < -0.4 is 5.73 Å². The molecule has 1 aliphatic heterocycles. The minimum Gasteiger partial charge on any atom is -0.391 e. The third-order valence-electron chi connectivity index (χ3n) is 7.21. The molecule has 0 spiro atoms. The maximum Gasteiger partial charge on any atom is 0.259 e. The van der Waals surface area contributed by atoms with Crippen LogP contribution in [0.5, 0.6) is 0 Å². The number of amides is 1. The van der Waals surface area contributed by atoms with Gasteiger partial charge in [0.1, 0.15) is 0 Å². The van der Waals surface area contributed by atoms with Crippen molar-refractivity contribution in [3.63, 3.8) is 0 Å². The Labute approximate surface area is 215 Å². The Kier molecular flexibility index (Phi) is 8.97. The summed E-state index contributed by atoms with van der Waals surface area (Å²) in [5.41, 5.74) is 7.49. The number of morpholine rings is 1. The maximum absolute atomic E-state index is 13.3. The summed E-state index contributed by atoms with van der Waals surface area (Å²) >= 11 is 6.63. The summed E-state index contributed by atoms with van der Waals surface area (Å²) in [5.74, 6) is 0.378. The van der Waals surface area contributed by atoms with Crippen molar-refractivity contribution in [3.05, 3.63) is 34.6 Å². The van der Waals surface area contributed by atoms with Gasteiger partial charge in [-0.1, -0.05) is 28.9 Å². The number of nitrogens with zero attached hydrogens (tertiary/aromatic N) is 3. The van der Waals surface area contributed by atoms with E-state index in [1.165, 1.54) is 7.11 Å². The molecular formula is C25H35ClN4O6. The van der Waals surface area contributed by atoms with Gasteiger partial charge in [-0.05, 0) is 50.7 Å². The van der Waals surface area contributed by atoms with E-state index >= 15 is 0 Å². The number of methoxy groups -OCH3 is 1. The van der Waals surface area contributed by atoms with Crippen molar-refractivity contribution in [1.29, 1.82) is 0 Å². The number of aromatic nitrogens is 2. The molecule has 2 heterocycles. The lowest BCUT2D eigenvalue weighted by Gasteiger charge is -2.39. The van der Waals surface area contributed by atoms with Crippen LogP contribution in [-0.2, 0) is 14.3 Å². The number of ether oxygens (including phenoxy) is 2. The highest BCUT2D eigenvalue weighted by molar-refractivity contribution is 6.33. The molecule has 1 saturated heterocycles. The number of benzene rings is 1. The van der Waals surface area contributed by atoms with Gasteiger partial charge in [0.05, 0.1) is 29.4 Å². The van der Waals surface area contributed by atoms with Gasteiger partial charge in [0.25, 0.3) is 5.89 Å². The van der Waals surface area contributed by atoms with E-state index < -0.39 is 12.4 Å². The molecule has 4 rings (SSSR count). The molecule has 1 amide bonds. The van der Waals surface area contributed by atoms with Crippen LogP contribution in [0.15, 0.2) is 22.7 Å². The minimum atomic E-state index is -0.855. The van der Waals surface area contributed by atoms with Crippen LogP contribution in [0.4, 0.5) is 0 Å². The van der Waals surface area contributed by atoms with Crippen LogP contribution in [0, 0.1) is 12.8 Å². The predicted molar refractivity (Wildman–Crippen MR) is 132 cm³/mol. The van der Waals surface area contributed by atoms with Gasteiger partial charge in [0, 0.05) is 38.1 Å². The second-order valence-corrected chi connectivity index (χ2v) is 10.1. The average molecular weight is 523 g/mol. The number of aryl methyl sites for hydroxylation is 1. The molecule has 2 unspecified atom stereocenters. The molecule has 4 N–H and O–H groups in total. The molecule has 6 atom stereocenters. The summed E-state index contributed by atoms with van der Waals surface area (Å²) in [6, 6.07) is 5.24. The standard InChI is InChI=1S/C25H35ClN4O6/c1-14-28-24(36-29-14)23-17(6-3-7-18(23)26)16(5-4-8-22(32)34-2)21-13-30(9-10-35-21)25(33)15-11-19(27)20(31)12-15/h3,6-7,15-16,19-22,31-32H,4-5,8-13,27H2,1-2H3/t15-,16?,19+,20-,21?,22+/m0/s1. The lowest BCUT2D eigenvalue weighted by Crippen LogP contribution is -2.49. The van der Waals surface area contributed by atoms with Gasteiger partial charge in [-0.3, -0.25) is 4.79 Å². The number of nitrogens with two attached hydrogens (primary N) is 1. The maximum atomic E-state index is 13.3. The highest BCUT2D eigenvalue weighted by Gasteiger charge is 2.40. The van der Waals surface area contributed by atoms with Crippen molar-refractivity contribution in [2.75, 3.05) is 26.8 Å². The fourth-order valence-electron chi connectivity index (χ4n) is 5.27. The number of rotatable bonds is 9. The molecule has 1 saturated carbocycles. The molecule has 0 radical (unpaired) electrons. The smallest absolute Gasteiger partial charge is 0.259 e. The molecular weight excluding hydrogens is 488 g/mol. The summed E-state index contributed by atoms with van der Waals surface area (Å²) in [5, 5.41) is 24.4. The highest BCUT2D eigenvalue weighted by atomic mass is 35.5. The first-order valence-electron chi connectivity index (χ1n) is 12.4. The fraction of sp³-hybridized carbons (Fsp3) is 0.640. The van der Waals surface area contributed by atoms with E-state index in [-0.39, 0.29) is 29.9 Å². The monoisotopic (exact) mass is 522 g/mol. The molecule has 11 heteroatoms. The normalized spacial score (nSPS) is 26.2. The molecule has 10 nitrogen and oxygen atoms in total. The number of aliphatic hydroxyl groups excluding tert-OH is 2. The molecule has 36 heavy (non-hydrogen) atoms. The molecule has 1 aromatic heterocycles. The summed E-state index contributed by atoms with van der Waals surface area (Å²) in [6.45, 7) is 3.02. The van der Waals surface area contributed by atoms with Crippen molar-refractivity contribution in [3.8, 4) is 11.5 Å². The highest BCUT2D eigenvalue weighted by Crippen LogP contribution is 2.40. The fourth-order valence-corrected chi connectivity index (χ4v) is 5.54. The first kappa shape index (κ1) is 27.0. The van der Waals surface area contributed by atoms with Crippen LogP contribution >= 0.6 is 11.6 Å². The van der Waals surface area contributed by atoms with Gasteiger partial charge in [-0.15, -0.1) is 0 Å². The lowest BCUT2D eigenvalue weighted by molar-refractivity contribution is -0.144. The van der Waals surface area contributed by atoms with Gasteiger partial charge in [-0.25, -0.2) is 0 Å². The Morgan fingerprint density at radius 1 is 1.36 bits per heavy atom. The number of hydrogen-bond donors (Lipinski definition) is 3. The zero-order valence-electron chi connectivity index (χ0n) is 20.7. The molecule has 1 aromatic carbocycles. The molecule has 2 aromatic rings. The topological polar surface area (TPSA) is 144 Å². The van der Waals surface area contributed by atoms with Gasteiger partial charge in [0.15, 0.2) is 12.1 Å². The quantitative estimate of drug-likeness (QED) is 0.422. The second kappa shape index (κ2) is 12.0. The van der Waals surface area contributed by atoms with Gasteiger partial charge >= 0.3 is 0 Å². The van der Waals surface area contributed by atoms with E-state index in [2.05, 4.69) is 10.1 Å². The van der Waals surface area contributed by atoms with Gasteiger partial charge in [-0.2, -0.15) is 4.98 Å². The van der Waals surface area contributed by atoms with E-state index in [4.69, 9.17) is 31.3 Å². The Bertz CT molecular complexity index is 1030. The van der Waals surface area contributed by atoms with Crippen LogP contribution in [-0.4, -0.2) is 82.5 Å². The zero-order valence-corrected chi connectivity index (χ0v) is 21.4. The molecule has 2 aliphatic rings. The third-order valence-corrected chi connectivity index (χ3v) is 7.52. The number of hydrogen-bond acceptors (Lipinski definition) is 9. The first-order valence-corrected chi connectivity index (χ1v) is 12.8. The van der Waals surface area contributed by atoms with Crippen molar-refractivity contribution < 1.29 is 29.0 Å². The summed E-state index contributed by atoms with van der Waals surface area (Å²) in [4.78, 5) is 19.5. The van der Waals surface area contributed by atoms with Crippen molar-refractivity contribution in [2.24, 2.45) is 11.7 Å². The Morgan fingerprint density at radius 3 is 2.83 bits per heavy atom. The van der Waals surface area contributed by atoms with Gasteiger partial charge < -0.3 is 34.8 Å². The predicted octanol–water partition coefficient (Wildman–Crippen LogP) is 2.24. The molecule has 2 fully saturated rings. The van der Waals surface area contributed by atoms with Crippen molar-refractivity contribution >= 4 is 17.5 Å². The van der Waals surface area contributed by atoms with Crippen LogP contribution in [0.25, 0.3) is 11.5 Å². The average Bonchev–Trinajstić information content (AvgIpc) is 3.45. The number of aliphatic hydroxyl groups is 2. The lowest BCUT2D eigenvalue weighted by atomic mass is 9.84. The number of halogens is 1. The van der Waals surface area contributed by atoms with Crippen LogP contribution in [0.2, 0.25) is 5.02 Å². The first-order chi connectivity index (χ1) is 17.3. The van der Waals surface area contributed by atoms with Crippen molar-refractivity contribution in [2.45, 2.75) is 69.5 Å².